The van der Waals surface area contributed by atoms with Gasteiger partial charge in [-0.3, -0.25) is 14.9 Å². The molecule has 11 nitrogen and oxygen atoms in total. The molecule has 0 aliphatic rings. The van der Waals surface area contributed by atoms with E-state index in [0.29, 0.717) is 17.3 Å². The van der Waals surface area contributed by atoms with Crippen LogP contribution >= 0.6 is 0 Å². The third-order valence-electron chi connectivity index (χ3n) is 3.91. The summed E-state index contributed by atoms with van der Waals surface area (Å²) in [6, 6.07) is 10.1. The van der Waals surface area contributed by atoms with Crippen molar-refractivity contribution in [2.75, 3.05) is 19.0 Å². The number of anilines is 1. The van der Waals surface area contributed by atoms with Crippen LogP contribution in [0.5, 0.6) is 5.75 Å². The molecule has 154 valence electrons. The topological polar surface area (TPSA) is 147 Å². The number of ether oxygens (including phenoxy) is 2. The summed E-state index contributed by atoms with van der Waals surface area (Å²) >= 11 is 0. The number of carbonyl (C=O) groups is 2. The van der Waals surface area contributed by atoms with Crippen molar-refractivity contribution in [3.63, 3.8) is 0 Å². The Labute approximate surface area is 169 Å². The molecule has 0 unspecified atom stereocenters. The van der Waals surface area contributed by atoms with Gasteiger partial charge in [-0.1, -0.05) is 5.16 Å². The van der Waals surface area contributed by atoms with Gasteiger partial charge in [-0.25, -0.2) is 4.79 Å². The molecule has 1 N–H and O–H groups in total. The molecule has 1 amide bonds. The van der Waals surface area contributed by atoms with Crippen molar-refractivity contribution >= 4 is 23.3 Å². The van der Waals surface area contributed by atoms with Crippen LogP contribution in [0.15, 0.2) is 47.0 Å². The highest BCUT2D eigenvalue weighted by molar-refractivity contribution is 5.97. The minimum atomic E-state index is -0.734. The maximum Gasteiger partial charge on any atom is 0.338 e. The van der Waals surface area contributed by atoms with Gasteiger partial charge in [0.15, 0.2) is 12.4 Å². The van der Waals surface area contributed by atoms with Crippen LogP contribution in [0.3, 0.4) is 0 Å². The van der Waals surface area contributed by atoms with E-state index in [1.165, 1.54) is 37.4 Å². The largest absolute Gasteiger partial charge is 0.496 e. The van der Waals surface area contributed by atoms with Gasteiger partial charge in [0.25, 0.3) is 17.5 Å². The average molecular weight is 412 g/mol. The Morgan fingerprint density at radius 2 is 1.93 bits per heavy atom. The minimum absolute atomic E-state index is 0.0407. The molecule has 0 fully saturated rings. The lowest BCUT2D eigenvalue weighted by Crippen LogP contribution is -2.21. The molecule has 1 aromatic heterocycles. The summed E-state index contributed by atoms with van der Waals surface area (Å²) in [5.74, 6) is -0.396. The van der Waals surface area contributed by atoms with Crippen molar-refractivity contribution in [2.45, 2.75) is 6.92 Å². The Morgan fingerprint density at radius 1 is 1.20 bits per heavy atom. The molecule has 0 bridgehead atoms. The van der Waals surface area contributed by atoms with E-state index in [2.05, 4.69) is 15.5 Å². The summed E-state index contributed by atoms with van der Waals surface area (Å²) in [7, 11) is 1.37. The lowest BCUT2D eigenvalue weighted by molar-refractivity contribution is -0.384. The lowest BCUT2D eigenvalue weighted by atomic mass is 10.1. The molecule has 0 saturated carbocycles. The molecule has 0 aliphatic heterocycles. The van der Waals surface area contributed by atoms with Crippen molar-refractivity contribution in [1.29, 1.82) is 0 Å². The smallest absolute Gasteiger partial charge is 0.338 e. The number of hydrogen-bond acceptors (Lipinski definition) is 9. The molecular formula is C19H16N4O7. The van der Waals surface area contributed by atoms with E-state index in [-0.39, 0.29) is 22.7 Å². The predicted molar refractivity (Wildman–Crippen MR) is 103 cm³/mol. The molecule has 0 saturated heterocycles. The van der Waals surface area contributed by atoms with Crippen LogP contribution in [-0.2, 0) is 9.53 Å². The van der Waals surface area contributed by atoms with Crippen molar-refractivity contribution in [1.82, 2.24) is 10.1 Å². The Hall–Kier alpha value is -4.28. The van der Waals surface area contributed by atoms with Gasteiger partial charge >= 0.3 is 5.97 Å². The van der Waals surface area contributed by atoms with E-state index in [1.807, 2.05) is 0 Å². The second-order valence-electron chi connectivity index (χ2n) is 5.99. The van der Waals surface area contributed by atoms with Crippen molar-refractivity contribution in [3.8, 4) is 17.2 Å². The highest BCUT2D eigenvalue weighted by Gasteiger charge is 2.18. The number of nitrogens with one attached hydrogen (secondary N) is 1. The Kier molecular flexibility index (Phi) is 6.01. The fourth-order valence-corrected chi connectivity index (χ4v) is 2.46. The predicted octanol–water partition coefficient (Wildman–Crippen LogP) is 2.76. The van der Waals surface area contributed by atoms with E-state index < -0.39 is 23.4 Å². The summed E-state index contributed by atoms with van der Waals surface area (Å²) in [6.07, 6.45) is 0. The second kappa shape index (κ2) is 8.82. The minimum Gasteiger partial charge on any atom is -0.496 e. The maximum absolute atomic E-state index is 12.1. The Balaban J connectivity index is 1.59. The number of benzene rings is 2. The quantitative estimate of drug-likeness (QED) is 0.351. The standard InChI is InChI=1S/C19H16N4O7/c1-11-20-18(30-22-11)12-3-5-13(6-4-12)19(25)29-10-17(24)21-15-8-7-14(28-2)9-16(15)23(26)27/h3-9H,10H2,1-2H3,(H,21,24). The number of nitro benzene ring substituents is 1. The van der Waals surface area contributed by atoms with Crippen LogP contribution in [0.4, 0.5) is 11.4 Å². The lowest BCUT2D eigenvalue weighted by Gasteiger charge is -2.08. The van der Waals surface area contributed by atoms with Gasteiger partial charge < -0.3 is 19.3 Å². The van der Waals surface area contributed by atoms with Gasteiger partial charge in [0, 0.05) is 5.56 Å². The first-order valence-electron chi connectivity index (χ1n) is 8.57. The van der Waals surface area contributed by atoms with Crippen LogP contribution in [0.25, 0.3) is 11.5 Å². The summed E-state index contributed by atoms with van der Waals surface area (Å²) in [5.41, 5.74) is 0.442. The molecule has 11 heteroatoms. The van der Waals surface area contributed by atoms with Crippen LogP contribution in [0.1, 0.15) is 16.2 Å². The fourth-order valence-electron chi connectivity index (χ4n) is 2.46. The number of esters is 1. The van der Waals surface area contributed by atoms with E-state index >= 15 is 0 Å². The number of rotatable bonds is 7. The van der Waals surface area contributed by atoms with Gasteiger partial charge in [0.05, 0.1) is 23.7 Å². The molecule has 3 rings (SSSR count). The van der Waals surface area contributed by atoms with Crippen LogP contribution in [0, 0.1) is 17.0 Å². The van der Waals surface area contributed by atoms with Crippen LogP contribution < -0.4 is 10.1 Å². The first-order valence-corrected chi connectivity index (χ1v) is 8.57. The number of methoxy groups -OCH3 is 1. The molecule has 3 aromatic rings. The number of aromatic nitrogens is 2. The first kappa shape index (κ1) is 20.5. The summed E-state index contributed by atoms with van der Waals surface area (Å²) in [4.78, 5) is 38.8. The maximum atomic E-state index is 12.1. The number of nitro groups is 1. The van der Waals surface area contributed by atoms with E-state index in [0.717, 1.165) is 0 Å². The Morgan fingerprint density at radius 3 is 2.53 bits per heavy atom. The van der Waals surface area contributed by atoms with E-state index in [9.17, 15) is 19.7 Å². The van der Waals surface area contributed by atoms with Gasteiger partial charge in [-0.05, 0) is 43.3 Å². The molecule has 30 heavy (non-hydrogen) atoms. The fraction of sp³-hybridized carbons (Fsp3) is 0.158. The van der Waals surface area contributed by atoms with Crippen molar-refractivity contribution < 1.29 is 28.5 Å². The SMILES string of the molecule is COc1ccc(NC(=O)COC(=O)c2ccc(-c3nc(C)no3)cc2)c([N+](=O)[O-])c1. The highest BCUT2D eigenvalue weighted by atomic mass is 16.6. The number of aryl methyl sites for hydroxylation is 1. The zero-order valence-electron chi connectivity index (χ0n) is 15.9. The summed E-state index contributed by atoms with van der Waals surface area (Å²) < 4.78 is 14.9. The third kappa shape index (κ3) is 4.76. The average Bonchev–Trinajstić information content (AvgIpc) is 3.18. The number of amides is 1. The van der Waals surface area contributed by atoms with E-state index in [1.54, 1.807) is 19.1 Å². The molecule has 0 atom stereocenters. The van der Waals surface area contributed by atoms with Gasteiger partial charge in [0.2, 0.25) is 0 Å². The Bertz CT molecular complexity index is 1090. The number of hydrogen-bond donors (Lipinski definition) is 1. The summed E-state index contributed by atoms with van der Waals surface area (Å²) in [5, 5.41) is 17.2. The molecular weight excluding hydrogens is 396 g/mol. The van der Waals surface area contributed by atoms with Crippen molar-refractivity contribution in [3.05, 3.63) is 64.0 Å². The normalized spacial score (nSPS) is 10.3. The van der Waals surface area contributed by atoms with Crippen molar-refractivity contribution in [2.24, 2.45) is 0 Å². The van der Waals surface area contributed by atoms with E-state index in [4.69, 9.17) is 14.0 Å². The molecule has 0 radical (unpaired) electrons. The third-order valence-corrected chi connectivity index (χ3v) is 3.91. The second-order valence-corrected chi connectivity index (χ2v) is 5.99. The monoisotopic (exact) mass is 412 g/mol. The highest BCUT2D eigenvalue weighted by Crippen LogP contribution is 2.28. The molecule has 0 aliphatic carbocycles. The zero-order valence-corrected chi connectivity index (χ0v) is 15.9. The van der Waals surface area contributed by atoms with Gasteiger partial charge in [0.1, 0.15) is 11.4 Å². The van der Waals surface area contributed by atoms with Gasteiger partial charge in [-0.2, -0.15) is 4.98 Å². The molecule has 2 aromatic carbocycles. The summed E-state index contributed by atoms with van der Waals surface area (Å²) in [6.45, 7) is 1.07. The van der Waals surface area contributed by atoms with Crippen LogP contribution in [-0.4, -0.2) is 40.7 Å². The first-order chi connectivity index (χ1) is 14.4. The van der Waals surface area contributed by atoms with Gasteiger partial charge in [-0.15, -0.1) is 0 Å². The van der Waals surface area contributed by atoms with Crippen LogP contribution in [0.2, 0.25) is 0 Å². The molecule has 1 heterocycles. The number of carbonyl (C=O) groups excluding carboxylic acids is 2. The zero-order chi connectivity index (χ0) is 21.7. The molecule has 0 spiro atoms. The number of nitrogens with zero attached hydrogens (tertiary/aromatic N) is 3.